The van der Waals surface area contributed by atoms with Gasteiger partial charge in [-0.3, -0.25) is 4.79 Å². The lowest BCUT2D eigenvalue weighted by Gasteiger charge is -2.15. The minimum atomic E-state index is -0.275. The summed E-state index contributed by atoms with van der Waals surface area (Å²) in [6.07, 6.45) is 8.43. The molecule has 4 rings (SSSR count). The van der Waals surface area contributed by atoms with Crippen LogP contribution in [0.4, 0.5) is 0 Å². The van der Waals surface area contributed by atoms with Gasteiger partial charge in [0.15, 0.2) is 5.78 Å². The molecule has 0 saturated heterocycles. The second-order valence-electron chi connectivity index (χ2n) is 5.24. The summed E-state index contributed by atoms with van der Waals surface area (Å²) in [7, 11) is 0. The van der Waals surface area contributed by atoms with E-state index in [1.807, 2.05) is 6.07 Å². The maximum absolute atomic E-state index is 11.1. The van der Waals surface area contributed by atoms with Crippen molar-refractivity contribution in [3.8, 4) is 0 Å². The molecule has 0 radical (unpaired) electrons. The first-order valence-electron chi connectivity index (χ1n) is 7.09. The van der Waals surface area contributed by atoms with E-state index in [-0.39, 0.29) is 11.9 Å². The van der Waals surface area contributed by atoms with Crippen LogP contribution < -0.4 is 0 Å². The molecule has 4 nitrogen and oxygen atoms in total. The zero-order valence-corrected chi connectivity index (χ0v) is 11.3. The molecule has 106 valence electrons. The summed E-state index contributed by atoms with van der Waals surface area (Å²) in [6, 6.07) is 3.62. The highest BCUT2D eigenvalue weighted by Gasteiger charge is 2.20. The van der Waals surface area contributed by atoms with Gasteiger partial charge in [-0.25, -0.2) is 0 Å². The molecule has 1 unspecified atom stereocenters. The fourth-order valence-corrected chi connectivity index (χ4v) is 2.79. The van der Waals surface area contributed by atoms with Gasteiger partial charge in [0.25, 0.3) is 0 Å². The molecule has 1 atom stereocenters. The Bertz CT molecular complexity index is 593. The summed E-state index contributed by atoms with van der Waals surface area (Å²) in [6.45, 7) is 0. The fourth-order valence-electron chi connectivity index (χ4n) is 2.79. The monoisotopic (exact) mass is 274 g/mol. The van der Waals surface area contributed by atoms with E-state index in [1.54, 1.807) is 18.6 Å². The second kappa shape index (κ2) is 5.67. The molecule has 2 aromatic rings. The van der Waals surface area contributed by atoms with Gasteiger partial charge in [0.05, 0.1) is 24.2 Å². The highest BCUT2D eigenvalue weighted by atomic mass is 16.3. The molecule has 2 aromatic heterocycles. The van der Waals surface area contributed by atoms with Crippen molar-refractivity contribution in [2.75, 3.05) is 0 Å². The van der Waals surface area contributed by atoms with Crippen molar-refractivity contribution in [3.63, 3.8) is 0 Å². The Morgan fingerprint density at radius 2 is 1.75 bits per heavy atom. The number of aliphatic hydroxyl groups is 1. The lowest BCUT2D eigenvalue weighted by molar-refractivity contribution is 0.0969. The minimum Gasteiger partial charge on any atom is -0.469 e. The predicted molar refractivity (Wildman–Crippen MR) is 72.6 cm³/mol. The molecular weight excluding hydrogens is 256 g/mol. The summed E-state index contributed by atoms with van der Waals surface area (Å²) in [5, 5.41) is 9.39. The van der Waals surface area contributed by atoms with E-state index in [0.29, 0.717) is 6.42 Å². The molecule has 0 bridgehead atoms. The van der Waals surface area contributed by atoms with Gasteiger partial charge >= 0.3 is 0 Å². The molecular formula is C16H18O4. The van der Waals surface area contributed by atoms with Crippen LogP contribution in [0.2, 0.25) is 0 Å². The van der Waals surface area contributed by atoms with Crippen LogP contribution in [0.5, 0.6) is 0 Å². The van der Waals surface area contributed by atoms with Gasteiger partial charge in [-0.05, 0) is 31.4 Å². The summed E-state index contributed by atoms with van der Waals surface area (Å²) in [4.78, 5) is 11.1. The first kappa shape index (κ1) is 13.2. The Hall–Kier alpha value is -1.81. The molecule has 0 spiro atoms. The topological polar surface area (TPSA) is 63.6 Å². The lowest BCUT2D eigenvalue weighted by atomic mass is 9.96. The van der Waals surface area contributed by atoms with E-state index in [9.17, 15) is 9.90 Å². The molecule has 1 N–H and O–H groups in total. The van der Waals surface area contributed by atoms with E-state index in [0.717, 1.165) is 54.8 Å². The third kappa shape index (κ3) is 2.56. The van der Waals surface area contributed by atoms with Gasteiger partial charge in [-0.1, -0.05) is 0 Å². The molecule has 2 heterocycles. The quantitative estimate of drug-likeness (QED) is 0.799. The standard InChI is InChI=1S/C8H10O2.C8H8O2/c2*9-7-2-1-3-8-6(7)4-5-10-8/h4-5,7,9H,1-3H2;4-5H,1-3H2. The first-order valence-corrected chi connectivity index (χ1v) is 7.09. The number of aliphatic hydroxyl groups excluding tert-OH is 1. The number of hydrogen-bond acceptors (Lipinski definition) is 4. The number of furan rings is 2. The van der Waals surface area contributed by atoms with Crippen LogP contribution in [-0.2, 0) is 12.8 Å². The third-order valence-corrected chi connectivity index (χ3v) is 3.87. The van der Waals surface area contributed by atoms with E-state index in [1.165, 1.54) is 0 Å². The van der Waals surface area contributed by atoms with E-state index < -0.39 is 0 Å². The summed E-state index contributed by atoms with van der Waals surface area (Å²) in [5.74, 6) is 2.07. The highest BCUT2D eigenvalue weighted by Crippen LogP contribution is 2.29. The Labute approximate surface area is 117 Å². The minimum absolute atomic E-state index is 0.231. The van der Waals surface area contributed by atoms with Crippen LogP contribution in [0, 0.1) is 0 Å². The summed E-state index contributed by atoms with van der Waals surface area (Å²) < 4.78 is 10.3. The molecule has 0 saturated carbocycles. The van der Waals surface area contributed by atoms with Gasteiger partial charge in [0.1, 0.15) is 11.5 Å². The zero-order chi connectivity index (χ0) is 13.9. The molecule has 2 aliphatic carbocycles. The average Bonchev–Trinajstić information content (AvgIpc) is 3.08. The van der Waals surface area contributed by atoms with Crippen molar-refractivity contribution in [3.05, 3.63) is 47.3 Å². The molecule has 20 heavy (non-hydrogen) atoms. The predicted octanol–water partition coefficient (Wildman–Crippen LogP) is 3.45. The van der Waals surface area contributed by atoms with Gasteiger partial charge in [-0.15, -0.1) is 0 Å². The normalized spacial score (nSPS) is 20.6. The number of ketones is 1. The number of carbonyl (C=O) groups excluding carboxylic acids is 1. The van der Waals surface area contributed by atoms with Crippen LogP contribution in [0.25, 0.3) is 0 Å². The largest absolute Gasteiger partial charge is 0.469 e. The van der Waals surface area contributed by atoms with Crippen molar-refractivity contribution in [2.45, 2.75) is 44.6 Å². The summed E-state index contributed by atoms with van der Waals surface area (Å²) >= 11 is 0. The maximum atomic E-state index is 11.1. The number of hydrogen-bond donors (Lipinski definition) is 1. The highest BCUT2D eigenvalue weighted by molar-refractivity contribution is 5.97. The molecule has 4 heteroatoms. The fraction of sp³-hybridized carbons (Fsp3) is 0.438. The summed E-state index contributed by atoms with van der Waals surface area (Å²) in [5.41, 5.74) is 1.79. The van der Waals surface area contributed by atoms with E-state index in [2.05, 4.69) is 0 Å². The van der Waals surface area contributed by atoms with Crippen molar-refractivity contribution in [2.24, 2.45) is 0 Å². The van der Waals surface area contributed by atoms with Crippen LogP contribution in [0.1, 0.15) is 59.2 Å². The maximum Gasteiger partial charge on any atom is 0.166 e. The number of rotatable bonds is 0. The van der Waals surface area contributed by atoms with Crippen molar-refractivity contribution >= 4 is 5.78 Å². The molecule has 2 aliphatic rings. The number of carbonyl (C=O) groups is 1. The smallest absolute Gasteiger partial charge is 0.166 e. The van der Waals surface area contributed by atoms with Crippen molar-refractivity contribution < 1.29 is 18.7 Å². The van der Waals surface area contributed by atoms with Gasteiger partial charge < -0.3 is 13.9 Å². The van der Waals surface area contributed by atoms with Crippen LogP contribution >= 0.6 is 0 Å². The van der Waals surface area contributed by atoms with Crippen molar-refractivity contribution in [1.29, 1.82) is 0 Å². The number of fused-ring (bicyclic) bond motifs is 2. The average molecular weight is 274 g/mol. The van der Waals surface area contributed by atoms with Crippen LogP contribution in [0.3, 0.4) is 0 Å². The molecule has 0 aliphatic heterocycles. The van der Waals surface area contributed by atoms with Crippen LogP contribution in [0.15, 0.2) is 33.5 Å². The third-order valence-electron chi connectivity index (χ3n) is 3.87. The Morgan fingerprint density at radius 3 is 2.55 bits per heavy atom. The number of Topliss-reactive ketones (excluding diaryl/α,β-unsaturated/α-hetero) is 1. The molecule has 0 fully saturated rings. The van der Waals surface area contributed by atoms with Crippen LogP contribution in [-0.4, -0.2) is 10.9 Å². The van der Waals surface area contributed by atoms with Crippen molar-refractivity contribution in [1.82, 2.24) is 0 Å². The number of aryl methyl sites for hydroxylation is 2. The lowest BCUT2D eigenvalue weighted by Crippen LogP contribution is -2.07. The van der Waals surface area contributed by atoms with Gasteiger partial charge in [0.2, 0.25) is 0 Å². The zero-order valence-electron chi connectivity index (χ0n) is 11.3. The Morgan fingerprint density at radius 1 is 1.00 bits per heavy atom. The molecule has 0 aromatic carbocycles. The molecule has 0 amide bonds. The Balaban J connectivity index is 0.000000121. The second-order valence-corrected chi connectivity index (χ2v) is 5.24. The van der Waals surface area contributed by atoms with E-state index >= 15 is 0 Å². The van der Waals surface area contributed by atoms with Gasteiger partial charge in [-0.2, -0.15) is 0 Å². The SMILES string of the molecule is O=C1CCCc2occc21.OC1CCCc2occc21. The Kier molecular flexibility index (Phi) is 3.74. The first-order chi connectivity index (χ1) is 9.75. The van der Waals surface area contributed by atoms with E-state index in [4.69, 9.17) is 8.83 Å². The van der Waals surface area contributed by atoms with Gasteiger partial charge in [0, 0.05) is 24.8 Å².